The molecule has 7 nitrogen and oxygen atoms in total. The number of carbonyl (C=O) groups excluding carboxylic acids is 1. The molecule has 0 radical (unpaired) electrons. The van der Waals surface area contributed by atoms with Crippen LogP contribution in [0.4, 0.5) is 5.82 Å². The second-order valence-corrected chi connectivity index (χ2v) is 6.26. The molecule has 1 atom stereocenters. The van der Waals surface area contributed by atoms with Gasteiger partial charge in [0.2, 0.25) is 5.91 Å². The predicted molar refractivity (Wildman–Crippen MR) is 79.3 cm³/mol. The Morgan fingerprint density at radius 2 is 2.05 bits per heavy atom. The van der Waals surface area contributed by atoms with E-state index < -0.39 is 12.0 Å². The molecule has 0 bridgehead atoms. The number of hydrogen-bond acceptors (Lipinski definition) is 5. The van der Waals surface area contributed by atoms with Gasteiger partial charge in [0.05, 0.1) is 6.20 Å². The minimum absolute atomic E-state index is 0.0760. The zero-order chi connectivity index (χ0) is 15.7. The van der Waals surface area contributed by atoms with Crippen LogP contribution >= 0.6 is 0 Å². The zero-order valence-corrected chi connectivity index (χ0v) is 12.6. The number of piperidine rings is 1. The summed E-state index contributed by atoms with van der Waals surface area (Å²) < 4.78 is 0. The summed E-state index contributed by atoms with van der Waals surface area (Å²) in [5, 5.41) is 9.35. The Hall–Kier alpha value is -2.18. The molecule has 2 aliphatic rings. The fourth-order valence-corrected chi connectivity index (χ4v) is 3.63. The summed E-state index contributed by atoms with van der Waals surface area (Å²) in [5.74, 6) is -0.197. The summed E-state index contributed by atoms with van der Waals surface area (Å²) >= 11 is 0. The zero-order valence-electron chi connectivity index (χ0n) is 12.6. The second kappa shape index (κ2) is 5.55. The molecule has 2 aliphatic heterocycles. The number of rotatable bonds is 2. The van der Waals surface area contributed by atoms with E-state index in [1.54, 1.807) is 18.6 Å². The molecule has 0 aliphatic carbocycles. The van der Waals surface area contributed by atoms with E-state index in [0.29, 0.717) is 13.0 Å². The van der Waals surface area contributed by atoms with Crippen molar-refractivity contribution in [1.82, 2.24) is 14.9 Å². The molecular weight excluding hydrogens is 284 g/mol. The van der Waals surface area contributed by atoms with E-state index >= 15 is 0 Å². The number of aromatic nitrogens is 2. The summed E-state index contributed by atoms with van der Waals surface area (Å²) in [5.41, 5.74) is -0.0760. The van der Waals surface area contributed by atoms with Crippen LogP contribution in [0.1, 0.15) is 26.2 Å². The van der Waals surface area contributed by atoms with Gasteiger partial charge in [-0.2, -0.15) is 0 Å². The number of carboxylic acid groups (broad SMARTS) is 1. The molecule has 1 amide bonds. The van der Waals surface area contributed by atoms with Gasteiger partial charge in [-0.1, -0.05) is 0 Å². The van der Waals surface area contributed by atoms with Gasteiger partial charge >= 0.3 is 5.97 Å². The number of anilines is 1. The molecular formula is C15H20N4O3. The second-order valence-electron chi connectivity index (χ2n) is 6.26. The molecule has 2 fully saturated rings. The van der Waals surface area contributed by atoms with Crippen LogP contribution < -0.4 is 4.90 Å². The first-order valence-corrected chi connectivity index (χ1v) is 7.52. The first-order valence-electron chi connectivity index (χ1n) is 7.52. The van der Waals surface area contributed by atoms with Gasteiger partial charge < -0.3 is 14.9 Å². The predicted octanol–water partition coefficient (Wildman–Crippen LogP) is 0.769. The lowest BCUT2D eigenvalue weighted by Crippen LogP contribution is -2.42. The van der Waals surface area contributed by atoms with Crippen LogP contribution in [-0.4, -0.2) is 57.5 Å². The standard InChI is InChI=1S/C15H20N4O3/c1-11(20)19-10-15(8-12(19)14(21)22)2-6-18(7-3-15)13-9-16-4-5-17-13/h4-5,9,12H,2-3,6-8,10H2,1H3,(H,21,22)/t12-/m0/s1. The van der Waals surface area contributed by atoms with Crippen molar-refractivity contribution in [2.75, 3.05) is 24.5 Å². The Kier molecular flexibility index (Phi) is 3.72. The highest BCUT2D eigenvalue weighted by molar-refractivity contribution is 5.83. The van der Waals surface area contributed by atoms with Gasteiger partial charge in [-0.05, 0) is 24.7 Å². The maximum atomic E-state index is 11.7. The van der Waals surface area contributed by atoms with E-state index in [2.05, 4.69) is 14.9 Å². The minimum atomic E-state index is -0.900. The number of aliphatic carboxylic acids is 1. The van der Waals surface area contributed by atoms with Crippen molar-refractivity contribution in [3.8, 4) is 0 Å². The lowest BCUT2D eigenvalue weighted by molar-refractivity contribution is -0.147. The molecule has 1 aromatic heterocycles. The maximum absolute atomic E-state index is 11.7. The highest BCUT2D eigenvalue weighted by atomic mass is 16.4. The molecule has 2 saturated heterocycles. The Morgan fingerprint density at radius 3 is 2.55 bits per heavy atom. The number of nitrogens with zero attached hydrogens (tertiary/aromatic N) is 4. The van der Waals surface area contributed by atoms with Crippen molar-refractivity contribution in [1.29, 1.82) is 0 Å². The van der Waals surface area contributed by atoms with Crippen molar-refractivity contribution in [3.05, 3.63) is 18.6 Å². The van der Waals surface area contributed by atoms with Crippen LogP contribution in [0.15, 0.2) is 18.6 Å². The van der Waals surface area contributed by atoms with Crippen LogP contribution in [0.3, 0.4) is 0 Å². The Bertz CT molecular complexity index is 545. The van der Waals surface area contributed by atoms with Gasteiger partial charge in [-0.15, -0.1) is 0 Å². The summed E-state index contributed by atoms with van der Waals surface area (Å²) in [6.45, 7) is 3.63. The molecule has 0 aromatic carbocycles. The van der Waals surface area contributed by atoms with E-state index in [9.17, 15) is 14.7 Å². The average Bonchev–Trinajstić information content (AvgIpc) is 2.89. The normalized spacial score (nSPS) is 23.8. The fourth-order valence-electron chi connectivity index (χ4n) is 3.63. The number of carbonyl (C=O) groups is 2. The number of amides is 1. The van der Waals surface area contributed by atoms with E-state index in [0.717, 1.165) is 31.7 Å². The molecule has 1 spiro atoms. The topological polar surface area (TPSA) is 86.6 Å². The molecule has 0 saturated carbocycles. The van der Waals surface area contributed by atoms with Crippen molar-refractivity contribution in [2.45, 2.75) is 32.2 Å². The summed E-state index contributed by atoms with van der Waals surface area (Å²) in [7, 11) is 0. The smallest absolute Gasteiger partial charge is 0.326 e. The monoisotopic (exact) mass is 304 g/mol. The van der Waals surface area contributed by atoms with Gasteiger partial charge in [0.25, 0.3) is 0 Å². The van der Waals surface area contributed by atoms with E-state index in [1.165, 1.54) is 11.8 Å². The van der Waals surface area contributed by atoms with E-state index in [-0.39, 0.29) is 11.3 Å². The first-order chi connectivity index (χ1) is 10.5. The maximum Gasteiger partial charge on any atom is 0.326 e. The van der Waals surface area contributed by atoms with Crippen molar-refractivity contribution in [3.63, 3.8) is 0 Å². The Morgan fingerprint density at radius 1 is 1.32 bits per heavy atom. The van der Waals surface area contributed by atoms with Crippen LogP contribution in [0.2, 0.25) is 0 Å². The third-order valence-electron chi connectivity index (χ3n) is 4.90. The van der Waals surface area contributed by atoms with E-state index in [1.807, 2.05) is 0 Å². The molecule has 0 unspecified atom stereocenters. The largest absolute Gasteiger partial charge is 0.480 e. The minimum Gasteiger partial charge on any atom is -0.480 e. The van der Waals surface area contributed by atoms with E-state index in [4.69, 9.17) is 0 Å². The van der Waals surface area contributed by atoms with Crippen LogP contribution in [0, 0.1) is 5.41 Å². The molecule has 118 valence electrons. The van der Waals surface area contributed by atoms with Gasteiger partial charge in [0.15, 0.2) is 0 Å². The molecule has 7 heteroatoms. The van der Waals surface area contributed by atoms with Crippen LogP contribution in [0.25, 0.3) is 0 Å². The van der Waals surface area contributed by atoms with Crippen LogP contribution in [-0.2, 0) is 9.59 Å². The quantitative estimate of drug-likeness (QED) is 0.868. The molecule has 22 heavy (non-hydrogen) atoms. The third kappa shape index (κ3) is 2.63. The molecule has 3 rings (SSSR count). The third-order valence-corrected chi connectivity index (χ3v) is 4.90. The summed E-state index contributed by atoms with van der Waals surface area (Å²) in [4.78, 5) is 35.2. The molecule has 1 aromatic rings. The van der Waals surface area contributed by atoms with Crippen molar-refractivity contribution in [2.24, 2.45) is 5.41 Å². The Balaban J connectivity index is 1.70. The molecule has 3 heterocycles. The number of likely N-dealkylation sites (tertiary alicyclic amines) is 1. The molecule has 1 N–H and O–H groups in total. The lowest BCUT2D eigenvalue weighted by atomic mass is 9.76. The van der Waals surface area contributed by atoms with Gasteiger partial charge in [0.1, 0.15) is 11.9 Å². The fraction of sp³-hybridized carbons (Fsp3) is 0.600. The first kappa shape index (κ1) is 14.7. The lowest BCUT2D eigenvalue weighted by Gasteiger charge is -2.39. The van der Waals surface area contributed by atoms with Gasteiger partial charge in [-0.25, -0.2) is 9.78 Å². The van der Waals surface area contributed by atoms with Crippen molar-refractivity contribution < 1.29 is 14.7 Å². The number of hydrogen-bond donors (Lipinski definition) is 1. The number of carboxylic acids is 1. The average molecular weight is 304 g/mol. The van der Waals surface area contributed by atoms with Crippen molar-refractivity contribution >= 4 is 17.7 Å². The highest BCUT2D eigenvalue weighted by Gasteiger charge is 2.49. The Labute approximate surface area is 129 Å². The van der Waals surface area contributed by atoms with Gasteiger partial charge in [-0.3, -0.25) is 9.78 Å². The SMILES string of the molecule is CC(=O)N1CC2(CCN(c3cnccn3)CC2)C[C@H]1C(=O)O. The van der Waals surface area contributed by atoms with Gasteiger partial charge in [0, 0.05) is 39.0 Å². The van der Waals surface area contributed by atoms with Crippen LogP contribution in [0.5, 0.6) is 0 Å². The summed E-state index contributed by atoms with van der Waals surface area (Å²) in [6.07, 6.45) is 7.36. The highest BCUT2D eigenvalue weighted by Crippen LogP contribution is 2.43. The summed E-state index contributed by atoms with van der Waals surface area (Å²) in [6, 6.07) is -0.680.